The Bertz CT molecular complexity index is 370. The molecule has 0 aromatic heterocycles. The summed E-state index contributed by atoms with van der Waals surface area (Å²) in [4.78, 5) is 2.18. The van der Waals surface area contributed by atoms with Crippen molar-refractivity contribution in [1.82, 2.24) is 5.32 Å². The summed E-state index contributed by atoms with van der Waals surface area (Å²) in [6, 6.07) is 5.41. The maximum atomic E-state index is 13.8. The van der Waals surface area contributed by atoms with Gasteiger partial charge in [0.25, 0.3) is 0 Å². The van der Waals surface area contributed by atoms with Crippen molar-refractivity contribution in [2.45, 2.75) is 26.3 Å². The summed E-state index contributed by atoms with van der Waals surface area (Å²) < 4.78 is 13.8. The van der Waals surface area contributed by atoms with Crippen LogP contribution in [0.3, 0.4) is 0 Å². The molecule has 1 fully saturated rings. The Balaban J connectivity index is 2.15. The van der Waals surface area contributed by atoms with Gasteiger partial charge in [0.15, 0.2) is 0 Å². The number of halogens is 1. The second kappa shape index (κ2) is 5.50. The number of hydrogen-bond acceptors (Lipinski definition) is 2. The highest BCUT2D eigenvalue weighted by atomic mass is 19.1. The molecule has 1 aliphatic rings. The van der Waals surface area contributed by atoms with Crippen molar-refractivity contribution in [3.05, 3.63) is 29.6 Å². The molecule has 1 aliphatic heterocycles. The maximum Gasteiger partial charge on any atom is 0.146 e. The number of nitrogens with zero attached hydrogens (tertiary/aromatic N) is 1. The molecule has 2 rings (SSSR count). The standard InChI is InChI=1S/C14H21FN2/c1-11-5-7-17(8-6-11)14-9-12(10-16-2)3-4-13(14)15/h3-4,9,11,16H,5-8,10H2,1-2H3. The van der Waals surface area contributed by atoms with Gasteiger partial charge in [0, 0.05) is 19.6 Å². The molecule has 1 saturated heterocycles. The van der Waals surface area contributed by atoms with Gasteiger partial charge in [-0.1, -0.05) is 13.0 Å². The molecule has 0 unspecified atom stereocenters. The van der Waals surface area contributed by atoms with E-state index in [1.165, 1.54) is 0 Å². The molecule has 0 amide bonds. The van der Waals surface area contributed by atoms with E-state index in [2.05, 4.69) is 17.1 Å². The predicted octanol–water partition coefficient (Wildman–Crippen LogP) is 2.78. The molecular weight excluding hydrogens is 215 g/mol. The van der Waals surface area contributed by atoms with E-state index >= 15 is 0 Å². The molecule has 1 aromatic carbocycles. The van der Waals surface area contributed by atoms with Gasteiger partial charge in [-0.2, -0.15) is 0 Å². The van der Waals surface area contributed by atoms with Gasteiger partial charge in [0.05, 0.1) is 5.69 Å². The molecule has 0 radical (unpaired) electrons. The lowest BCUT2D eigenvalue weighted by Gasteiger charge is -2.32. The minimum Gasteiger partial charge on any atom is -0.369 e. The van der Waals surface area contributed by atoms with E-state index in [1.54, 1.807) is 6.07 Å². The topological polar surface area (TPSA) is 15.3 Å². The number of nitrogens with one attached hydrogen (secondary N) is 1. The van der Waals surface area contributed by atoms with E-state index in [1.807, 2.05) is 19.2 Å². The van der Waals surface area contributed by atoms with Crippen molar-refractivity contribution in [2.24, 2.45) is 5.92 Å². The summed E-state index contributed by atoms with van der Waals surface area (Å²) in [5, 5.41) is 3.10. The second-order valence-corrected chi connectivity index (χ2v) is 4.99. The van der Waals surface area contributed by atoms with Crippen LogP contribution < -0.4 is 10.2 Å². The van der Waals surface area contributed by atoms with Gasteiger partial charge < -0.3 is 10.2 Å². The van der Waals surface area contributed by atoms with E-state index in [4.69, 9.17) is 0 Å². The zero-order chi connectivity index (χ0) is 12.3. The van der Waals surface area contributed by atoms with Crippen molar-refractivity contribution in [1.29, 1.82) is 0 Å². The van der Waals surface area contributed by atoms with Gasteiger partial charge in [-0.25, -0.2) is 4.39 Å². The van der Waals surface area contributed by atoms with Crippen LogP contribution in [0.25, 0.3) is 0 Å². The first-order valence-electron chi connectivity index (χ1n) is 6.38. The van der Waals surface area contributed by atoms with Crippen LogP contribution in [0.5, 0.6) is 0 Å². The third-order valence-electron chi connectivity index (χ3n) is 3.52. The zero-order valence-corrected chi connectivity index (χ0v) is 10.7. The fraction of sp³-hybridized carbons (Fsp3) is 0.571. The first-order valence-corrected chi connectivity index (χ1v) is 6.38. The summed E-state index contributed by atoms with van der Waals surface area (Å²) in [7, 11) is 1.91. The van der Waals surface area contributed by atoms with Crippen LogP contribution in [0, 0.1) is 11.7 Å². The number of anilines is 1. The highest BCUT2D eigenvalue weighted by Crippen LogP contribution is 2.26. The minimum atomic E-state index is -0.0978. The normalized spacial score (nSPS) is 17.5. The quantitative estimate of drug-likeness (QED) is 0.868. The lowest BCUT2D eigenvalue weighted by molar-refractivity contribution is 0.434. The summed E-state index contributed by atoms with van der Waals surface area (Å²) in [5.74, 6) is 0.675. The van der Waals surface area contributed by atoms with Crippen LogP contribution in [0.2, 0.25) is 0 Å². The van der Waals surface area contributed by atoms with Gasteiger partial charge in [0.1, 0.15) is 5.82 Å². The molecule has 0 aliphatic carbocycles. The number of rotatable bonds is 3. The molecule has 0 atom stereocenters. The van der Waals surface area contributed by atoms with Crippen molar-refractivity contribution in [3.63, 3.8) is 0 Å². The summed E-state index contributed by atoms with van der Waals surface area (Å²) in [5.41, 5.74) is 1.91. The minimum absolute atomic E-state index is 0.0978. The maximum absolute atomic E-state index is 13.8. The van der Waals surface area contributed by atoms with Crippen LogP contribution in [0.4, 0.5) is 10.1 Å². The predicted molar refractivity (Wildman–Crippen MR) is 69.8 cm³/mol. The monoisotopic (exact) mass is 236 g/mol. The van der Waals surface area contributed by atoms with Crippen LogP contribution in [-0.2, 0) is 6.54 Å². The van der Waals surface area contributed by atoms with E-state index < -0.39 is 0 Å². The highest BCUT2D eigenvalue weighted by Gasteiger charge is 2.18. The fourth-order valence-electron chi connectivity index (χ4n) is 2.36. The third kappa shape index (κ3) is 2.97. The van der Waals surface area contributed by atoms with E-state index in [0.717, 1.165) is 49.6 Å². The summed E-state index contributed by atoms with van der Waals surface area (Å²) in [6.45, 7) is 5.00. The molecule has 2 nitrogen and oxygen atoms in total. The second-order valence-electron chi connectivity index (χ2n) is 4.99. The molecule has 1 N–H and O–H groups in total. The lowest BCUT2D eigenvalue weighted by atomic mass is 9.98. The van der Waals surface area contributed by atoms with Gasteiger partial charge in [-0.3, -0.25) is 0 Å². The van der Waals surface area contributed by atoms with Crippen molar-refractivity contribution < 1.29 is 4.39 Å². The lowest BCUT2D eigenvalue weighted by Crippen LogP contribution is -2.33. The molecular formula is C14H21FN2. The molecule has 94 valence electrons. The van der Waals surface area contributed by atoms with Crippen molar-refractivity contribution in [2.75, 3.05) is 25.0 Å². The first kappa shape index (κ1) is 12.4. The van der Waals surface area contributed by atoms with E-state index in [9.17, 15) is 4.39 Å². The molecule has 3 heteroatoms. The molecule has 1 aromatic rings. The van der Waals surface area contributed by atoms with Crippen LogP contribution in [0.15, 0.2) is 18.2 Å². The molecule has 17 heavy (non-hydrogen) atoms. The van der Waals surface area contributed by atoms with Gasteiger partial charge >= 0.3 is 0 Å². The number of piperidine rings is 1. The zero-order valence-electron chi connectivity index (χ0n) is 10.7. The Labute approximate surface area is 103 Å². The van der Waals surface area contributed by atoms with Crippen molar-refractivity contribution in [3.8, 4) is 0 Å². The van der Waals surface area contributed by atoms with Crippen LogP contribution in [0.1, 0.15) is 25.3 Å². The van der Waals surface area contributed by atoms with E-state index in [0.29, 0.717) is 0 Å². The van der Waals surface area contributed by atoms with Crippen molar-refractivity contribution >= 4 is 5.69 Å². The Morgan fingerprint density at radius 2 is 2.06 bits per heavy atom. The SMILES string of the molecule is CNCc1ccc(F)c(N2CCC(C)CC2)c1. The van der Waals surface area contributed by atoms with Crippen LogP contribution in [-0.4, -0.2) is 20.1 Å². The summed E-state index contributed by atoms with van der Waals surface area (Å²) >= 11 is 0. The average Bonchev–Trinajstić information content (AvgIpc) is 2.33. The number of hydrogen-bond donors (Lipinski definition) is 1. The Morgan fingerprint density at radius 1 is 1.35 bits per heavy atom. The highest BCUT2D eigenvalue weighted by molar-refractivity contribution is 5.50. The fourth-order valence-corrected chi connectivity index (χ4v) is 2.36. The first-order chi connectivity index (χ1) is 8.20. The largest absolute Gasteiger partial charge is 0.369 e. The van der Waals surface area contributed by atoms with Gasteiger partial charge in [-0.15, -0.1) is 0 Å². The Kier molecular flexibility index (Phi) is 4.00. The molecule has 0 spiro atoms. The molecule has 1 heterocycles. The Morgan fingerprint density at radius 3 is 2.71 bits per heavy atom. The number of benzene rings is 1. The average molecular weight is 236 g/mol. The van der Waals surface area contributed by atoms with Gasteiger partial charge in [-0.05, 0) is 43.5 Å². The van der Waals surface area contributed by atoms with E-state index in [-0.39, 0.29) is 5.82 Å². The summed E-state index contributed by atoms with van der Waals surface area (Å²) in [6.07, 6.45) is 2.32. The molecule has 0 bridgehead atoms. The van der Waals surface area contributed by atoms with Crippen LogP contribution >= 0.6 is 0 Å². The smallest absolute Gasteiger partial charge is 0.146 e. The molecule has 0 saturated carbocycles. The third-order valence-corrected chi connectivity index (χ3v) is 3.52. The Hall–Kier alpha value is -1.09. The van der Waals surface area contributed by atoms with Gasteiger partial charge in [0.2, 0.25) is 0 Å².